The Kier molecular flexibility index (Phi) is 3.41. The fraction of sp³-hybridized carbons (Fsp3) is 0. The van der Waals surface area contributed by atoms with Crippen molar-refractivity contribution in [1.82, 2.24) is 5.16 Å². The van der Waals surface area contributed by atoms with Crippen LogP contribution >= 0.6 is 34.5 Å². The fourth-order valence-corrected chi connectivity index (χ4v) is 3.17. The number of aromatic nitrogens is 1. The first-order chi connectivity index (χ1) is 9.59. The Bertz CT molecular complexity index is 785. The van der Waals surface area contributed by atoms with E-state index in [-0.39, 0.29) is 16.4 Å². The Hall–Kier alpha value is -1.56. The molecule has 0 amide bonds. The third kappa shape index (κ3) is 2.08. The standard InChI is InChI=1S/C13H7Cl2FN2OS/c14-7-3-1-2-6(10(7)16)9-11(19-18-13(9)17)12-8(15)4-5-20-12/h1-5H,(H2,17,18). The van der Waals surface area contributed by atoms with Crippen molar-refractivity contribution in [2.24, 2.45) is 0 Å². The number of nitrogens with zero attached hydrogens (tertiary/aromatic N) is 1. The van der Waals surface area contributed by atoms with E-state index in [4.69, 9.17) is 33.5 Å². The highest BCUT2D eigenvalue weighted by Gasteiger charge is 2.23. The molecule has 0 aliphatic carbocycles. The molecule has 1 aromatic carbocycles. The quantitative estimate of drug-likeness (QED) is 0.712. The van der Waals surface area contributed by atoms with Crippen LogP contribution in [0.1, 0.15) is 0 Å². The number of benzene rings is 1. The number of nitrogen functional groups attached to an aromatic ring is 1. The predicted octanol–water partition coefficient (Wildman–Crippen LogP) is 5.10. The van der Waals surface area contributed by atoms with Crippen LogP contribution in [-0.4, -0.2) is 5.16 Å². The maximum atomic E-state index is 14.2. The molecule has 0 radical (unpaired) electrons. The van der Waals surface area contributed by atoms with Crippen molar-refractivity contribution < 1.29 is 8.91 Å². The zero-order valence-corrected chi connectivity index (χ0v) is 12.2. The van der Waals surface area contributed by atoms with E-state index in [1.165, 1.54) is 17.4 Å². The molecule has 0 unspecified atom stereocenters. The normalized spacial score (nSPS) is 10.9. The molecule has 0 aliphatic rings. The lowest BCUT2D eigenvalue weighted by Gasteiger charge is -2.04. The molecule has 20 heavy (non-hydrogen) atoms. The van der Waals surface area contributed by atoms with Crippen LogP contribution in [0, 0.1) is 5.82 Å². The van der Waals surface area contributed by atoms with Gasteiger partial charge in [0.15, 0.2) is 11.6 Å². The van der Waals surface area contributed by atoms with Crippen LogP contribution in [0.25, 0.3) is 21.8 Å². The SMILES string of the molecule is Nc1noc(-c2sccc2Cl)c1-c1cccc(Cl)c1F. The second-order valence-electron chi connectivity index (χ2n) is 3.97. The minimum Gasteiger partial charge on any atom is -0.380 e. The highest BCUT2D eigenvalue weighted by Crippen LogP contribution is 2.43. The van der Waals surface area contributed by atoms with Gasteiger partial charge >= 0.3 is 0 Å². The number of hydrogen-bond acceptors (Lipinski definition) is 4. The van der Waals surface area contributed by atoms with Gasteiger partial charge in [-0.25, -0.2) is 4.39 Å². The maximum Gasteiger partial charge on any atom is 0.188 e. The molecule has 0 atom stereocenters. The van der Waals surface area contributed by atoms with Crippen molar-refractivity contribution in [1.29, 1.82) is 0 Å². The number of hydrogen-bond donors (Lipinski definition) is 1. The summed E-state index contributed by atoms with van der Waals surface area (Å²) in [5.74, 6) is -0.146. The highest BCUT2D eigenvalue weighted by atomic mass is 35.5. The van der Waals surface area contributed by atoms with Gasteiger partial charge in [-0.05, 0) is 17.5 Å². The van der Waals surface area contributed by atoms with Gasteiger partial charge in [-0.2, -0.15) is 0 Å². The van der Waals surface area contributed by atoms with Gasteiger partial charge in [0.05, 0.1) is 20.5 Å². The summed E-state index contributed by atoms with van der Waals surface area (Å²) in [6.45, 7) is 0. The molecule has 3 aromatic rings. The third-order valence-corrected chi connectivity index (χ3v) is 4.39. The number of thiophene rings is 1. The van der Waals surface area contributed by atoms with Crippen LogP contribution in [0.5, 0.6) is 0 Å². The minimum atomic E-state index is -0.571. The molecule has 3 rings (SSSR count). The van der Waals surface area contributed by atoms with Crippen molar-refractivity contribution in [3.63, 3.8) is 0 Å². The summed E-state index contributed by atoms with van der Waals surface area (Å²) < 4.78 is 19.4. The first-order valence-electron chi connectivity index (χ1n) is 5.52. The Morgan fingerprint density at radius 1 is 1.20 bits per heavy atom. The van der Waals surface area contributed by atoms with Crippen LogP contribution in [0.4, 0.5) is 10.2 Å². The van der Waals surface area contributed by atoms with E-state index in [0.29, 0.717) is 21.2 Å². The van der Waals surface area contributed by atoms with E-state index < -0.39 is 5.82 Å². The Balaban J connectivity index is 2.27. The summed E-state index contributed by atoms with van der Waals surface area (Å²) in [6, 6.07) is 6.38. The van der Waals surface area contributed by atoms with E-state index in [1.54, 1.807) is 23.6 Å². The Morgan fingerprint density at radius 2 is 2.00 bits per heavy atom. The van der Waals surface area contributed by atoms with Crippen molar-refractivity contribution >= 4 is 40.4 Å². The van der Waals surface area contributed by atoms with E-state index in [9.17, 15) is 4.39 Å². The lowest BCUT2D eigenvalue weighted by molar-refractivity contribution is 0.437. The monoisotopic (exact) mass is 328 g/mol. The summed E-state index contributed by atoms with van der Waals surface area (Å²) in [5.41, 5.74) is 6.38. The number of nitrogens with two attached hydrogens (primary N) is 1. The molecule has 0 fully saturated rings. The molecule has 0 saturated carbocycles. The number of rotatable bonds is 2. The van der Waals surface area contributed by atoms with Crippen molar-refractivity contribution in [3.05, 3.63) is 45.5 Å². The summed E-state index contributed by atoms with van der Waals surface area (Å²) in [4.78, 5) is 0.644. The van der Waals surface area contributed by atoms with Gasteiger partial charge in [0.2, 0.25) is 0 Å². The summed E-state index contributed by atoms with van der Waals surface area (Å²) >= 11 is 13.2. The largest absolute Gasteiger partial charge is 0.380 e. The molecule has 2 aromatic heterocycles. The lowest BCUT2D eigenvalue weighted by Crippen LogP contribution is -1.92. The molecule has 2 heterocycles. The minimum absolute atomic E-state index is 0.00586. The fourth-order valence-electron chi connectivity index (χ4n) is 1.87. The van der Waals surface area contributed by atoms with Gasteiger partial charge in [0.1, 0.15) is 5.82 Å². The second-order valence-corrected chi connectivity index (χ2v) is 5.70. The molecule has 3 nitrogen and oxygen atoms in total. The topological polar surface area (TPSA) is 52.0 Å². The molecule has 0 bridgehead atoms. The molecule has 0 saturated heterocycles. The van der Waals surface area contributed by atoms with Crippen LogP contribution in [0.3, 0.4) is 0 Å². The van der Waals surface area contributed by atoms with Crippen molar-refractivity contribution in [2.45, 2.75) is 0 Å². The highest BCUT2D eigenvalue weighted by molar-refractivity contribution is 7.14. The van der Waals surface area contributed by atoms with Gasteiger partial charge in [-0.3, -0.25) is 0 Å². The number of halogens is 3. The molecular formula is C13H7Cl2FN2OS. The smallest absolute Gasteiger partial charge is 0.188 e. The van der Waals surface area contributed by atoms with Gasteiger partial charge in [0, 0.05) is 5.56 Å². The Labute approximate surface area is 127 Å². The van der Waals surface area contributed by atoms with Crippen LogP contribution in [0.2, 0.25) is 10.0 Å². The van der Waals surface area contributed by atoms with Gasteiger partial charge in [0.25, 0.3) is 0 Å². The summed E-state index contributed by atoms with van der Waals surface area (Å²) in [6.07, 6.45) is 0. The average molecular weight is 329 g/mol. The molecule has 0 aliphatic heterocycles. The molecule has 102 valence electrons. The lowest BCUT2D eigenvalue weighted by atomic mass is 10.0. The molecule has 7 heteroatoms. The maximum absolute atomic E-state index is 14.2. The first-order valence-corrected chi connectivity index (χ1v) is 7.16. The van der Waals surface area contributed by atoms with Crippen LogP contribution in [0.15, 0.2) is 34.2 Å². The molecule has 0 spiro atoms. The zero-order valence-electron chi connectivity index (χ0n) is 9.86. The average Bonchev–Trinajstić information content (AvgIpc) is 2.99. The van der Waals surface area contributed by atoms with Gasteiger partial charge < -0.3 is 10.3 Å². The van der Waals surface area contributed by atoms with E-state index in [1.807, 2.05) is 0 Å². The van der Waals surface area contributed by atoms with Crippen molar-refractivity contribution in [3.8, 4) is 21.8 Å². The zero-order chi connectivity index (χ0) is 14.3. The number of anilines is 1. The van der Waals surface area contributed by atoms with Crippen molar-refractivity contribution in [2.75, 3.05) is 5.73 Å². The summed E-state index contributed by atoms with van der Waals surface area (Å²) in [7, 11) is 0. The van der Waals surface area contributed by atoms with E-state index >= 15 is 0 Å². The molecule has 2 N–H and O–H groups in total. The molecular weight excluding hydrogens is 322 g/mol. The van der Waals surface area contributed by atoms with Gasteiger partial charge in [-0.1, -0.05) is 40.5 Å². The van der Waals surface area contributed by atoms with E-state index in [2.05, 4.69) is 5.16 Å². The summed E-state index contributed by atoms with van der Waals surface area (Å²) in [5, 5.41) is 6.00. The third-order valence-electron chi connectivity index (χ3n) is 2.76. The van der Waals surface area contributed by atoms with Gasteiger partial charge in [-0.15, -0.1) is 11.3 Å². The Morgan fingerprint density at radius 3 is 2.70 bits per heavy atom. The van der Waals surface area contributed by atoms with Crippen LogP contribution in [-0.2, 0) is 0 Å². The van der Waals surface area contributed by atoms with E-state index in [0.717, 1.165) is 0 Å². The first kappa shape index (κ1) is 13.4. The second kappa shape index (κ2) is 5.09. The van der Waals surface area contributed by atoms with Crippen LogP contribution < -0.4 is 5.73 Å². The predicted molar refractivity (Wildman–Crippen MR) is 79.6 cm³/mol.